The van der Waals surface area contributed by atoms with E-state index >= 15 is 0 Å². The highest BCUT2D eigenvalue weighted by molar-refractivity contribution is 7.98. The van der Waals surface area contributed by atoms with Gasteiger partial charge >= 0.3 is 0 Å². The Morgan fingerprint density at radius 2 is 2.30 bits per heavy atom. The molecule has 6 heteroatoms. The van der Waals surface area contributed by atoms with E-state index in [0.717, 1.165) is 17.7 Å². The van der Waals surface area contributed by atoms with Crippen molar-refractivity contribution in [3.63, 3.8) is 0 Å². The normalized spacial score (nSPS) is 14.4. The molecule has 104 valence electrons. The molecule has 1 aliphatic carbocycles. The summed E-state index contributed by atoms with van der Waals surface area (Å²) in [5, 5.41) is 4.60. The summed E-state index contributed by atoms with van der Waals surface area (Å²) >= 11 is 7.51. The van der Waals surface area contributed by atoms with Crippen molar-refractivity contribution in [2.24, 2.45) is 5.92 Å². The highest BCUT2D eigenvalue weighted by atomic mass is 35.5. The molecular formula is C14H13ClN2O2S. The monoisotopic (exact) mass is 308 g/mol. The van der Waals surface area contributed by atoms with Gasteiger partial charge in [0.05, 0.1) is 12.2 Å². The van der Waals surface area contributed by atoms with Crippen molar-refractivity contribution in [2.75, 3.05) is 0 Å². The molecule has 1 aliphatic rings. The second-order valence-electron chi connectivity index (χ2n) is 4.77. The summed E-state index contributed by atoms with van der Waals surface area (Å²) in [6, 6.07) is 7.61. The Hall–Kier alpha value is -1.33. The number of halogens is 1. The minimum atomic E-state index is 0.211. The molecule has 2 aromatic rings. The Kier molecular flexibility index (Phi) is 4.08. The zero-order valence-corrected chi connectivity index (χ0v) is 12.3. The predicted molar refractivity (Wildman–Crippen MR) is 76.7 cm³/mol. The first-order chi connectivity index (χ1) is 9.70. The smallest absolute Gasteiger partial charge is 0.234 e. The molecule has 0 bridgehead atoms. The molecule has 1 heterocycles. The fourth-order valence-electron chi connectivity index (χ4n) is 1.82. The van der Waals surface area contributed by atoms with E-state index in [9.17, 15) is 4.79 Å². The highest BCUT2D eigenvalue weighted by Crippen LogP contribution is 2.31. The fourth-order valence-corrected chi connectivity index (χ4v) is 2.88. The van der Waals surface area contributed by atoms with Gasteiger partial charge in [-0.1, -0.05) is 22.8 Å². The van der Waals surface area contributed by atoms with E-state index in [0.29, 0.717) is 22.5 Å². The van der Waals surface area contributed by atoms with Crippen LogP contribution < -0.4 is 0 Å². The van der Waals surface area contributed by atoms with Crippen LogP contribution in [0.4, 0.5) is 0 Å². The Morgan fingerprint density at radius 3 is 3.05 bits per heavy atom. The van der Waals surface area contributed by atoms with Gasteiger partial charge in [0.2, 0.25) is 5.89 Å². The maximum absolute atomic E-state index is 11.7. The molecule has 20 heavy (non-hydrogen) atoms. The first kappa shape index (κ1) is 13.6. The Morgan fingerprint density at radius 1 is 1.45 bits per heavy atom. The third kappa shape index (κ3) is 3.61. The third-order valence-electron chi connectivity index (χ3n) is 3.03. The Balaban J connectivity index is 1.55. The number of carbonyl (C=O) groups is 1. The van der Waals surface area contributed by atoms with E-state index in [2.05, 4.69) is 10.1 Å². The van der Waals surface area contributed by atoms with Crippen molar-refractivity contribution >= 4 is 29.1 Å². The number of hydrogen-bond acceptors (Lipinski definition) is 5. The molecule has 0 N–H and O–H groups in total. The van der Waals surface area contributed by atoms with E-state index in [1.807, 2.05) is 24.3 Å². The maximum atomic E-state index is 11.7. The number of ketones is 1. The molecule has 0 saturated heterocycles. The van der Waals surface area contributed by atoms with Gasteiger partial charge in [0.15, 0.2) is 5.82 Å². The Bertz CT molecular complexity index is 625. The minimum absolute atomic E-state index is 0.211. The largest absolute Gasteiger partial charge is 0.339 e. The van der Waals surface area contributed by atoms with Gasteiger partial charge in [-0.05, 0) is 31.0 Å². The molecule has 0 radical (unpaired) electrons. The standard InChI is InChI=1S/C14H13ClN2O2S/c15-10-2-1-3-11(6-10)20-8-13-16-14(19-17-13)7-12(18)9-4-5-9/h1-3,6,9H,4-5,7-8H2. The van der Waals surface area contributed by atoms with Gasteiger partial charge in [0.1, 0.15) is 5.78 Å². The summed E-state index contributed by atoms with van der Waals surface area (Å²) in [5.74, 6) is 2.06. The van der Waals surface area contributed by atoms with Crippen LogP contribution in [0.3, 0.4) is 0 Å². The van der Waals surface area contributed by atoms with E-state index in [4.69, 9.17) is 16.1 Å². The lowest BCUT2D eigenvalue weighted by atomic mass is 10.2. The lowest BCUT2D eigenvalue weighted by Crippen LogP contribution is -2.04. The number of nitrogens with zero attached hydrogens (tertiary/aromatic N) is 2. The molecule has 0 atom stereocenters. The number of hydrogen-bond donors (Lipinski definition) is 0. The quantitative estimate of drug-likeness (QED) is 0.764. The number of benzene rings is 1. The summed E-state index contributed by atoms with van der Waals surface area (Å²) < 4.78 is 5.10. The molecule has 1 aromatic heterocycles. The van der Waals surface area contributed by atoms with Gasteiger partial charge in [0.25, 0.3) is 0 Å². The van der Waals surface area contributed by atoms with Crippen molar-refractivity contribution in [1.82, 2.24) is 10.1 Å². The number of carbonyl (C=O) groups excluding carboxylic acids is 1. The molecule has 1 aromatic carbocycles. The zero-order chi connectivity index (χ0) is 13.9. The summed E-state index contributed by atoms with van der Waals surface area (Å²) in [4.78, 5) is 17.0. The predicted octanol–water partition coefficient (Wildman–Crippen LogP) is 3.54. The summed E-state index contributed by atoms with van der Waals surface area (Å²) in [6.07, 6.45) is 2.27. The number of thioether (sulfide) groups is 1. The average molecular weight is 309 g/mol. The van der Waals surface area contributed by atoms with Crippen molar-refractivity contribution in [1.29, 1.82) is 0 Å². The maximum Gasteiger partial charge on any atom is 0.234 e. The number of aromatic nitrogens is 2. The van der Waals surface area contributed by atoms with Gasteiger partial charge in [-0.2, -0.15) is 4.98 Å². The van der Waals surface area contributed by atoms with Crippen molar-refractivity contribution in [3.8, 4) is 0 Å². The van der Waals surface area contributed by atoms with Gasteiger partial charge in [-0.3, -0.25) is 4.79 Å². The first-order valence-electron chi connectivity index (χ1n) is 6.43. The van der Waals surface area contributed by atoms with Crippen LogP contribution in [0.2, 0.25) is 5.02 Å². The molecule has 4 nitrogen and oxygen atoms in total. The first-order valence-corrected chi connectivity index (χ1v) is 7.79. The second-order valence-corrected chi connectivity index (χ2v) is 6.25. The van der Waals surface area contributed by atoms with E-state index < -0.39 is 0 Å². The van der Waals surface area contributed by atoms with E-state index in [-0.39, 0.29) is 18.1 Å². The van der Waals surface area contributed by atoms with Crippen LogP contribution >= 0.6 is 23.4 Å². The average Bonchev–Trinajstić information content (AvgIpc) is 3.19. The minimum Gasteiger partial charge on any atom is -0.339 e. The van der Waals surface area contributed by atoms with E-state index in [1.165, 1.54) is 0 Å². The van der Waals surface area contributed by atoms with Gasteiger partial charge in [0, 0.05) is 15.8 Å². The van der Waals surface area contributed by atoms with Crippen LogP contribution in [0.5, 0.6) is 0 Å². The number of Topliss-reactive ketones (excluding diaryl/α,β-unsaturated/α-hetero) is 1. The summed E-state index contributed by atoms with van der Waals surface area (Å²) in [7, 11) is 0. The molecule has 0 amide bonds. The van der Waals surface area contributed by atoms with Crippen LogP contribution in [0, 0.1) is 5.92 Å². The zero-order valence-electron chi connectivity index (χ0n) is 10.7. The lowest BCUT2D eigenvalue weighted by molar-refractivity contribution is -0.119. The van der Waals surface area contributed by atoms with Gasteiger partial charge < -0.3 is 4.52 Å². The van der Waals surface area contributed by atoms with Gasteiger partial charge in [-0.25, -0.2) is 0 Å². The van der Waals surface area contributed by atoms with Crippen LogP contribution in [-0.4, -0.2) is 15.9 Å². The SMILES string of the molecule is O=C(Cc1nc(CSc2cccc(Cl)c2)no1)C1CC1. The van der Waals surface area contributed by atoms with Crippen LogP contribution in [-0.2, 0) is 17.0 Å². The van der Waals surface area contributed by atoms with Crippen LogP contribution in [0.25, 0.3) is 0 Å². The van der Waals surface area contributed by atoms with Crippen molar-refractivity contribution < 1.29 is 9.32 Å². The Labute approximate surface area is 125 Å². The molecule has 1 saturated carbocycles. The second kappa shape index (κ2) is 5.97. The van der Waals surface area contributed by atoms with E-state index in [1.54, 1.807) is 11.8 Å². The molecule has 1 fully saturated rings. The third-order valence-corrected chi connectivity index (χ3v) is 4.26. The molecule has 0 unspecified atom stereocenters. The molecule has 0 spiro atoms. The summed E-state index contributed by atoms with van der Waals surface area (Å²) in [6.45, 7) is 0. The van der Waals surface area contributed by atoms with Gasteiger partial charge in [-0.15, -0.1) is 11.8 Å². The van der Waals surface area contributed by atoms with Crippen molar-refractivity contribution in [2.45, 2.75) is 29.9 Å². The van der Waals surface area contributed by atoms with Crippen LogP contribution in [0.15, 0.2) is 33.7 Å². The fraction of sp³-hybridized carbons (Fsp3) is 0.357. The topological polar surface area (TPSA) is 56.0 Å². The summed E-state index contributed by atoms with van der Waals surface area (Å²) in [5.41, 5.74) is 0. The van der Waals surface area contributed by atoms with Crippen molar-refractivity contribution in [3.05, 3.63) is 41.0 Å². The molecular weight excluding hydrogens is 296 g/mol. The number of rotatable bonds is 6. The van der Waals surface area contributed by atoms with Crippen LogP contribution in [0.1, 0.15) is 24.6 Å². The highest BCUT2D eigenvalue weighted by Gasteiger charge is 2.30. The lowest BCUT2D eigenvalue weighted by Gasteiger charge is -1.98. The molecule has 3 rings (SSSR count). The molecule has 0 aliphatic heterocycles.